The summed E-state index contributed by atoms with van der Waals surface area (Å²) >= 11 is 0. The van der Waals surface area contributed by atoms with E-state index in [1.54, 1.807) is 14.2 Å². The molecule has 0 spiro atoms. The second-order valence-electron chi connectivity index (χ2n) is 7.33. The number of nitrogens with zero attached hydrogens (tertiary/aromatic N) is 1. The van der Waals surface area contributed by atoms with Crippen LogP contribution in [0.1, 0.15) is 52.1 Å². The molecule has 0 radical (unpaired) electrons. The monoisotopic (exact) mass is 306 g/mol. The minimum atomic E-state index is 0.422. The van der Waals surface area contributed by atoms with Crippen LogP contribution >= 0.6 is 0 Å². The number of nitrogens with one attached hydrogen (secondary N) is 1. The van der Waals surface area contributed by atoms with Crippen molar-refractivity contribution in [2.45, 2.75) is 59.1 Å². The zero-order chi connectivity index (χ0) is 16.2. The Morgan fingerprint density at radius 2 is 1.86 bits per heavy atom. The molecule has 0 unspecified atom stereocenters. The van der Waals surface area contributed by atoms with E-state index in [1.807, 2.05) is 12.3 Å². The Bertz CT molecular complexity index is 474. The van der Waals surface area contributed by atoms with Crippen molar-refractivity contribution in [1.29, 1.82) is 0 Å². The van der Waals surface area contributed by atoms with Gasteiger partial charge in [0.25, 0.3) is 0 Å². The zero-order valence-electron chi connectivity index (χ0n) is 14.6. The van der Waals surface area contributed by atoms with Gasteiger partial charge < -0.3 is 14.8 Å². The second-order valence-corrected chi connectivity index (χ2v) is 7.33. The van der Waals surface area contributed by atoms with Crippen LogP contribution in [0.4, 0.5) is 5.69 Å². The molecular weight excluding hydrogens is 276 g/mol. The lowest BCUT2D eigenvalue weighted by Crippen LogP contribution is -2.31. The van der Waals surface area contributed by atoms with Crippen LogP contribution in [0, 0.1) is 11.3 Å². The van der Waals surface area contributed by atoms with E-state index in [-0.39, 0.29) is 0 Å². The highest BCUT2D eigenvalue weighted by Gasteiger charge is 2.30. The number of methoxy groups -OCH3 is 2. The van der Waals surface area contributed by atoms with Gasteiger partial charge in [0.1, 0.15) is 5.69 Å². The second kappa shape index (κ2) is 7.32. The molecule has 1 fully saturated rings. The van der Waals surface area contributed by atoms with E-state index < -0.39 is 0 Å². The molecule has 1 aliphatic carbocycles. The van der Waals surface area contributed by atoms with Gasteiger partial charge >= 0.3 is 0 Å². The summed E-state index contributed by atoms with van der Waals surface area (Å²) in [6, 6.07) is 2.51. The first-order valence-corrected chi connectivity index (χ1v) is 8.23. The Morgan fingerprint density at radius 1 is 1.18 bits per heavy atom. The largest absolute Gasteiger partial charge is 0.493 e. The Balaban J connectivity index is 2.02. The summed E-state index contributed by atoms with van der Waals surface area (Å²) in [5.74, 6) is 1.64. The van der Waals surface area contributed by atoms with Gasteiger partial charge in [0.2, 0.25) is 0 Å². The van der Waals surface area contributed by atoms with E-state index in [9.17, 15) is 0 Å². The maximum atomic E-state index is 5.54. The number of hydrogen-bond acceptors (Lipinski definition) is 4. The fourth-order valence-electron chi connectivity index (χ4n) is 3.40. The van der Waals surface area contributed by atoms with Crippen molar-refractivity contribution in [3.8, 4) is 5.75 Å². The van der Waals surface area contributed by atoms with Crippen LogP contribution in [0.5, 0.6) is 5.75 Å². The molecule has 4 nitrogen and oxygen atoms in total. The van der Waals surface area contributed by atoms with Gasteiger partial charge in [0.15, 0.2) is 5.75 Å². The topological polar surface area (TPSA) is 43.4 Å². The predicted octanol–water partition coefficient (Wildman–Crippen LogP) is 4.25. The Kier molecular flexibility index (Phi) is 5.68. The molecule has 22 heavy (non-hydrogen) atoms. The molecule has 0 saturated heterocycles. The Morgan fingerprint density at radius 3 is 2.41 bits per heavy atom. The standard InChI is InChI=1S/C18H30N2O2/c1-18(2,3)13-6-8-14(9-7-13)20-15-10-11-19-16(12-21-4)17(15)22-5/h10-11,13-14H,6-9,12H2,1-5H3,(H,19,20). The number of aromatic nitrogens is 1. The van der Waals surface area contributed by atoms with Crippen LogP contribution in [0.15, 0.2) is 12.3 Å². The summed E-state index contributed by atoms with van der Waals surface area (Å²) < 4.78 is 10.7. The van der Waals surface area contributed by atoms with Crippen molar-refractivity contribution >= 4 is 5.69 Å². The summed E-state index contributed by atoms with van der Waals surface area (Å²) in [5, 5.41) is 3.65. The van der Waals surface area contributed by atoms with Gasteiger partial charge in [-0.05, 0) is 43.1 Å². The zero-order valence-corrected chi connectivity index (χ0v) is 14.6. The number of pyridine rings is 1. The molecule has 0 aliphatic heterocycles. The molecule has 2 rings (SSSR count). The van der Waals surface area contributed by atoms with Crippen molar-refractivity contribution in [2.75, 3.05) is 19.5 Å². The molecule has 1 aliphatic rings. The van der Waals surface area contributed by atoms with Gasteiger partial charge in [-0.25, -0.2) is 0 Å². The molecule has 1 aromatic heterocycles. The third-order valence-corrected chi connectivity index (χ3v) is 4.78. The summed E-state index contributed by atoms with van der Waals surface area (Å²) in [6.45, 7) is 7.53. The molecule has 124 valence electrons. The van der Waals surface area contributed by atoms with Crippen molar-refractivity contribution in [1.82, 2.24) is 4.98 Å². The van der Waals surface area contributed by atoms with Gasteiger partial charge in [-0.2, -0.15) is 0 Å². The molecule has 0 atom stereocenters. The summed E-state index contributed by atoms with van der Waals surface area (Å²) in [5.41, 5.74) is 2.30. The summed E-state index contributed by atoms with van der Waals surface area (Å²) in [4.78, 5) is 4.35. The van der Waals surface area contributed by atoms with E-state index >= 15 is 0 Å². The molecule has 0 bridgehead atoms. The lowest BCUT2D eigenvalue weighted by atomic mass is 9.71. The lowest BCUT2D eigenvalue weighted by molar-refractivity contribution is 0.173. The van der Waals surface area contributed by atoms with Gasteiger partial charge in [-0.3, -0.25) is 4.98 Å². The molecule has 0 amide bonds. The average Bonchev–Trinajstić information content (AvgIpc) is 2.47. The van der Waals surface area contributed by atoms with Crippen molar-refractivity contribution in [2.24, 2.45) is 11.3 Å². The third-order valence-electron chi connectivity index (χ3n) is 4.78. The highest BCUT2D eigenvalue weighted by molar-refractivity contribution is 5.58. The molecule has 1 saturated carbocycles. The van der Waals surface area contributed by atoms with Gasteiger partial charge in [0.05, 0.1) is 19.4 Å². The molecule has 1 aromatic rings. The molecule has 1 heterocycles. The average molecular weight is 306 g/mol. The van der Waals surface area contributed by atoms with Crippen LogP contribution in [0.2, 0.25) is 0 Å². The molecular formula is C18H30N2O2. The summed E-state index contributed by atoms with van der Waals surface area (Å²) in [7, 11) is 3.37. The van der Waals surface area contributed by atoms with Crippen LogP contribution in [0.25, 0.3) is 0 Å². The fraction of sp³-hybridized carbons (Fsp3) is 0.722. The van der Waals surface area contributed by atoms with E-state index in [0.29, 0.717) is 18.1 Å². The van der Waals surface area contributed by atoms with Crippen LogP contribution < -0.4 is 10.1 Å². The third kappa shape index (κ3) is 4.13. The highest BCUT2D eigenvalue weighted by Crippen LogP contribution is 2.39. The maximum Gasteiger partial charge on any atom is 0.165 e. The van der Waals surface area contributed by atoms with E-state index in [0.717, 1.165) is 23.0 Å². The van der Waals surface area contributed by atoms with Crippen LogP contribution in [-0.4, -0.2) is 25.2 Å². The van der Waals surface area contributed by atoms with Crippen molar-refractivity contribution in [3.05, 3.63) is 18.0 Å². The quantitative estimate of drug-likeness (QED) is 0.883. The van der Waals surface area contributed by atoms with Gasteiger partial charge in [-0.1, -0.05) is 20.8 Å². The first-order valence-electron chi connectivity index (χ1n) is 8.23. The lowest BCUT2D eigenvalue weighted by Gasteiger charge is -2.37. The first-order chi connectivity index (χ1) is 10.5. The normalized spacial score (nSPS) is 22.4. The smallest absolute Gasteiger partial charge is 0.165 e. The molecule has 4 heteroatoms. The van der Waals surface area contributed by atoms with Crippen molar-refractivity contribution < 1.29 is 9.47 Å². The predicted molar refractivity (Wildman–Crippen MR) is 90.3 cm³/mol. The number of rotatable bonds is 5. The Hall–Kier alpha value is -1.29. The first kappa shape index (κ1) is 17.1. The van der Waals surface area contributed by atoms with Crippen molar-refractivity contribution in [3.63, 3.8) is 0 Å². The SMILES string of the molecule is COCc1nccc(NC2CCC(C(C)(C)C)CC2)c1OC. The molecule has 0 aromatic carbocycles. The maximum absolute atomic E-state index is 5.54. The number of ether oxygens (including phenoxy) is 2. The van der Waals surface area contributed by atoms with Crippen LogP contribution in [-0.2, 0) is 11.3 Å². The highest BCUT2D eigenvalue weighted by atomic mass is 16.5. The Labute approximate surface area is 134 Å². The van der Waals surface area contributed by atoms with Gasteiger partial charge in [0, 0.05) is 19.3 Å². The number of anilines is 1. The fourth-order valence-corrected chi connectivity index (χ4v) is 3.40. The minimum absolute atomic E-state index is 0.422. The van der Waals surface area contributed by atoms with E-state index in [2.05, 4.69) is 31.1 Å². The summed E-state index contributed by atoms with van der Waals surface area (Å²) in [6.07, 6.45) is 6.83. The van der Waals surface area contributed by atoms with Gasteiger partial charge in [-0.15, -0.1) is 0 Å². The molecule has 1 N–H and O–H groups in total. The van der Waals surface area contributed by atoms with E-state index in [1.165, 1.54) is 25.7 Å². The van der Waals surface area contributed by atoms with E-state index in [4.69, 9.17) is 9.47 Å². The van der Waals surface area contributed by atoms with Crippen LogP contribution in [0.3, 0.4) is 0 Å². The minimum Gasteiger partial charge on any atom is -0.493 e. The number of hydrogen-bond donors (Lipinski definition) is 1.